The Morgan fingerprint density at radius 3 is 2.20 bits per heavy atom. The lowest BCUT2D eigenvalue weighted by atomic mass is 9.87. The Morgan fingerprint density at radius 1 is 0.920 bits per heavy atom. The van der Waals surface area contributed by atoms with Gasteiger partial charge in [0.05, 0.1) is 37.6 Å². The molecule has 7 rings (SSSR count). The molecule has 12 nitrogen and oxygen atoms in total. The van der Waals surface area contributed by atoms with Gasteiger partial charge in [-0.2, -0.15) is 10.2 Å². The second-order valence-electron chi connectivity index (χ2n) is 13.1. The number of ether oxygens (including phenoxy) is 2. The number of aliphatic hydroxyl groups is 1. The maximum atomic E-state index is 15.0. The van der Waals surface area contributed by atoms with Crippen LogP contribution in [0, 0.1) is 17.6 Å². The van der Waals surface area contributed by atoms with Crippen LogP contribution in [-0.4, -0.2) is 79.7 Å². The van der Waals surface area contributed by atoms with Crippen molar-refractivity contribution in [3.05, 3.63) is 113 Å². The summed E-state index contributed by atoms with van der Waals surface area (Å²) in [5, 5.41) is 18.2. The van der Waals surface area contributed by atoms with E-state index in [0.29, 0.717) is 25.2 Å². The van der Waals surface area contributed by atoms with Gasteiger partial charge in [0.15, 0.2) is 0 Å². The third-order valence-corrected chi connectivity index (χ3v) is 9.76. The van der Waals surface area contributed by atoms with Crippen molar-refractivity contribution in [1.82, 2.24) is 29.1 Å². The van der Waals surface area contributed by atoms with Gasteiger partial charge in [0.1, 0.15) is 42.0 Å². The summed E-state index contributed by atoms with van der Waals surface area (Å²) in [6.45, 7) is 7.77. The Bertz CT molecular complexity index is 1940. The van der Waals surface area contributed by atoms with E-state index in [0.717, 1.165) is 55.1 Å². The normalized spacial score (nSPS) is 20.6. The molecule has 4 atom stereocenters. The van der Waals surface area contributed by atoms with Crippen molar-refractivity contribution in [2.24, 2.45) is 5.92 Å². The molecule has 4 heterocycles. The molecule has 3 aromatic carbocycles. The number of anilines is 2. The van der Waals surface area contributed by atoms with Gasteiger partial charge in [0.2, 0.25) is 0 Å². The van der Waals surface area contributed by atoms with Crippen LogP contribution in [0.25, 0.3) is 5.69 Å². The second kappa shape index (κ2) is 14.0. The van der Waals surface area contributed by atoms with Gasteiger partial charge >= 0.3 is 5.69 Å². The molecule has 2 fully saturated rings. The van der Waals surface area contributed by atoms with Crippen molar-refractivity contribution in [3.8, 4) is 11.4 Å². The van der Waals surface area contributed by atoms with E-state index >= 15 is 0 Å². The first kappa shape index (κ1) is 33.4. The molecule has 2 aliphatic heterocycles. The molecule has 1 N–H and O–H groups in total. The van der Waals surface area contributed by atoms with Gasteiger partial charge in [-0.05, 0) is 74.9 Å². The van der Waals surface area contributed by atoms with Crippen LogP contribution in [-0.2, 0) is 16.9 Å². The number of piperazine rings is 1. The first-order valence-electron chi connectivity index (χ1n) is 16.8. The van der Waals surface area contributed by atoms with E-state index < -0.39 is 29.4 Å². The van der Waals surface area contributed by atoms with Crippen molar-refractivity contribution in [2.75, 3.05) is 49.2 Å². The average molecular weight is 687 g/mol. The highest BCUT2D eigenvalue weighted by atomic mass is 19.1. The molecule has 2 aromatic heterocycles. The van der Waals surface area contributed by atoms with Crippen LogP contribution < -0.4 is 20.2 Å². The number of halogens is 2. The molecule has 14 heteroatoms. The molecule has 0 bridgehead atoms. The zero-order valence-electron chi connectivity index (χ0n) is 28.0. The van der Waals surface area contributed by atoms with E-state index in [-0.39, 0.29) is 18.2 Å². The maximum Gasteiger partial charge on any atom is 0.350 e. The van der Waals surface area contributed by atoms with Gasteiger partial charge in [-0.25, -0.2) is 32.5 Å². The van der Waals surface area contributed by atoms with Crippen LogP contribution >= 0.6 is 0 Å². The van der Waals surface area contributed by atoms with Gasteiger partial charge in [-0.15, -0.1) is 0 Å². The fourth-order valence-corrected chi connectivity index (χ4v) is 6.78. The van der Waals surface area contributed by atoms with Gasteiger partial charge < -0.3 is 24.4 Å². The predicted molar refractivity (Wildman–Crippen MR) is 183 cm³/mol. The van der Waals surface area contributed by atoms with E-state index in [1.54, 1.807) is 24.9 Å². The standard InChI is InChI=1S/C36H40F2N8O4/c1-25(26(2)47)46-35(48)45(24-41-46)31-6-4-29(5-7-31)42-13-15-43(16-14-42)30-8-10-32(11-9-30)49-19-27-18-36(50-20-27,21-44-23-39-22-40-44)33-12-3-28(37)17-34(33)38/h3-12,17,22-27,47H,13-16,18-21H2,1-2H3/t25-,26-,27-,36+/m1/s1. The third-order valence-electron chi connectivity index (χ3n) is 9.76. The number of hydrogen-bond acceptors (Lipinski definition) is 9. The minimum Gasteiger partial charge on any atom is -0.493 e. The molecule has 0 amide bonds. The predicted octanol–water partition coefficient (Wildman–Crippen LogP) is 4.18. The molecule has 5 aromatic rings. The smallest absolute Gasteiger partial charge is 0.350 e. The SMILES string of the molecule is C[C@H]([C@@H](C)O)n1ncn(-c2ccc(N3CCN(c4ccc(OC[C@@H]5CO[C@@](Cn6cncn6)(c6ccc(F)cc6F)C5)cc4)CC3)cc2)c1=O. The Balaban J connectivity index is 0.924. The quantitative estimate of drug-likeness (QED) is 0.219. The molecule has 0 unspecified atom stereocenters. The molecule has 262 valence electrons. The number of rotatable bonds is 11. The summed E-state index contributed by atoms with van der Waals surface area (Å²) < 4.78 is 45.5. The summed E-state index contributed by atoms with van der Waals surface area (Å²) in [6.07, 6.45) is 4.25. The van der Waals surface area contributed by atoms with Crippen molar-refractivity contribution in [2.45, 2.75) is 44.6 Å². The first-order chi connectivity index (χ1) is 24.2. The Kier molecular flexibility index (Phi) is 9.38. The van der Waals surface area contributed by atoms with E-state index in [9.17, 15) is 18.7 Å². The maximum absolute atomic E-state index is 15.0. The van der Waals surface area contributed by atoms with Crippen LogP contribution in [0.1, 0.15) is 31.9 Å². The topological polar surface area (TPSA) is 116 Å². The molecular formula is C36H40F2N8O4. The summed E-state index contributed by atoms with van der Waals surface area (Å²) in [6, 6.07) is 19.1. The van der Waals surface area contributed by atoms with E-state index in [1.165, 1.54) is 34.0 Å². The van der Waals surface area contributed by atoms with Crippen LogP contribution in [0.5, 0.6) is 5.75 Å². The van der Waals surface area contributed by atoms with Crippen molar-refractivity contribution in [3.63, 3.8) is 0 Å². The summed E-state index contributed by atoms with van der Waals surface area (Å²) in [5.74, 6) is -0.564. The molecule has 0 aliphatic carbocycles. The summed E-state index contributed by atoms with van der Waals surface area (Å²) in [5.41, 5.74) is 1.90. The fraction of sp³-hybridized carbons (Fsp3) is 0.389. The number of aromatic nitrogens is 6. The zero-order chi connectivity index (χ0) is 34.8. The van der Waals surface area contributed by atoms with Crippen molar-refractivity contribution in [1.29, 1.82) is 0 Å². The fourth-order valence-electron chi connectivity index (χ4n) is 6.78. The number of benzene rings is 3. The summed E-state index contributed by atoms with van der Waals surface area (Å²) in [7, 11) is 0. The molecule has 2 saturated heterocycles. The summed E-state index contributed by atoms with van der Waals surface area (Å²) >= 11 is 0. The van der Waals surface area contributed by atoms with E-state index in [1.807, 2.05) is 36.4 Å². The largest absolute Gasteiger partial charge is 0.493 e. The zero-order valence-corrected chi connectivity index (χ0v) is 28.0. The van der Waals surface area contributed by atoms with Crippen LogP contribution in [0.15, 0.2) is 90.5 Å². The lowest BCUT2D eigenvalue weighted by Crippen LogP contribution is -2.46. The van der Waals surface area contributed by atoms with Crippen LogP contribution in [0.2, 0.25) is 0 Å². The van der Waals surface area contributed by atoms with Gasteiger partial charge in [-0.1, -0.05) is 6.07 Å². The lowest BCUT2D eigenvalue weighted by molar-refractivity contribution is -0.0206. The highest BCUT2D eigenvalue weighted by molar-refractivity contribution is 5.54. The minimum absolute atomic E-state index is 0.0118. The molecule has 0 saturated carbocycles. The number of nitrogens with zero attached hydrogens (tertiary/aromatic N) is 8. The highest BCUT2D eigenvalue weighted by Gasteiger charge is 2.44. The molecule has 0 spiro atoms. The lowest BCUT2D eigenvalue weighted by Gasteiger charge is -2.37. The second-order valence-corrected chi connectivity index (χ2v) is 13.1. The highest BCUT2D eigenvalue weighted by Crippen LogP contribution is 2.42. The van der Waals surface area contributed by atoms with Crippen LogP contribution in [0.4, 0.5) is 20.2 Å². The molecule has 0 radical (unpaired) electrons. The van der Waals surface area contributed by atoms with Crippen molar-refractivity contribution >= 4 is 11.4 Å². The third kappa shape index (κ3) is 6.85. The van der Waals surface area contributed by atoms with Gasteiger partial charge in [-0.3, -0.25) is 0 Å². The Labute approximate surface area is 288 Å². The molecule has 2 aliphatic rings. The van der Waals surface area contributed by atoms with Crippen LogP contribution in [0.3, 0.4) is 0 Å². The number of aliphatic hydroxyl groups excluding tert-OH is 1. The molecule has 50 heavy (non-hydrogen) atoms. The monoisotopic (exact) mass is 686 g/mol. The van der Waals surface area contributed by atoms with Crippen molar-refractivity contribution < 1.29 is 23.4 Å². The molecular weight excluding hydrogens is 646 g/mol. The average Bonchev–Trinajstić information content (AvgIpc) is 3.88. The first-order valence-corrected chi connectivity index (χ1v) is 16.8. The minimum atomic E-state index is -1.02. The summed E-state index contributed by atoms with van der Waals surface area (Å²) in [4.78, 5) is 21.5. The Hall–Kier alpha value is -5.08. The van der Waals surface area contributed by atoms with E-state index in [4.69, 9.17) is 9.47 Å². The Morgan fingerprint density at radius 2 is 1.58 bits per heavy atom. The van der Waals surface area contributed by atoms with E-state index in [2.05, 4.69) is 37.1 Å². The number of hydrogen-bond donors (Lipinski definition) is 1. The van der Waals surface area contributed by atoms with Gasteiger partial charge in [0, 0.05) is 55.1 Å². The van der Waals surface area contributed by atoms with Gasteiger partial charge in [0.25, 0.3) is 0 Å².